The molecule has 1 aromatic heterocycles. The van der Waals surface area contributed by atoms with Gasteiger partial charge in [-0.2, -0.15) is 0 Å². The third-order valence-corrected chi connectivity index (χ3v) is 3.36. The van der Waals surface area contributed by atoms with E-state index in [1.54, 1.807) is 24.3 Å². The first-order valence-electron chi connectivity index (χ1n) is 4.81. The van der Waals surface area contributed by atoms with Crippen molar-refractivity contribution >= 4 is 22.8 Å². The molecule has 6 heteroatoms. The van der Waals surface area contributed by atoms with Gasteiger partial charge in [-0.1, -0.05) is 29.5 Å². The van der Waals surface area contributed by atoms with Gasteiger partial charge in [-0.15, -0.1) is 0 Å². The summed E-state index contributed by atoms with van der Waals surface area (Å²) in [6.45, 7) is 0. The van der Waals surface area contributed by atoms with Gasteiger partial charge in [-0.25, -0.2) is 4.99 Å². The monoisotopic (exact) mass is 246 g/mol. The lowest BCUT2D eigenvalue weighted by Gasteiger charge is -1.95. The first-order chi connectivity index (χ1) is 8.16. The fraction of sp³-hybridized carbons (Fsp3) is 0. The second-order valence-corrected chi connectivity index (χ2v) is 4.48. The second kappa shape index (κ2) is 3.39. The molecule has 0 aliphatic carbocycles. The van der Waals surface area contributed by atoms with E-state index in [-0.39, 0.29) is 16.3 Å². The van der Waals surface area contributed by atoms with Crippen molar-refractivity contribution in [2.45, 2.75) is 0 Å². The van der Waals surface area contributed by atoms with Crippen molar-refractivity contribution in [1.82, 2.24) is 4.98 Å². The maximum Gasteiger partial charge on any atom is 0.307 e. The number of rotatable bonds is 1. The summed E-state index contributed by atoms with van der Waals surface area (Å²) in [5.41, 5.74) is 0.279. The predicted octanol–water partition coefficient (Wildman–Crippen LogP) is -0.499. The van der Waals surface area contributed by atoms with E-state index < -0.39 is 10.8 Å². The van der Waals surface area contributed by atoms with Crippen LogP contribution in [0.3, 0.4) is 0 Å². The van der Waals surface area contributed by atoms with Crippen LogP contribution >= 0.6 is 11.3 Å². The number of amides is 1. The molecule has 1 aliphatic heterocycles. The smallest absolute Gasteiger partial charge is 0.307 e. The SMILES string of the molecule is O=C1N=c2ccccc2=C1c1sc(=O)[nH]c1O. The Morgan fingerprint density at radius 3 is 2.71 bits per heavy atom. The quantitative estimate of drug-likeness (QED) is 0.711. The minimum absolute atomic E-state index is 0.244. The average Bonchev–Trinajstić information content (AvgIpc) is 2.77. The largest absolute Gasteiger partial charge is 0.493 e. The number of hydrogen-bond acceptors (Lipinski definition) is 4. The van der Waals surface area contributed by atoms with Crippen LogP contribution < -0.4 is 15.4 Å². The number of carbonyl (C=O) groups is 1. The molecule has 2 heterocycles. The molecule has 1 aromatic carbocycles. The Morgan fingerprint density at radius 2 is 2.00 bits per heavy atom. The second-order valence-electron chi connectivity index (χ2n) is 3.50. The van der Waals surface area contributed by atoms with E-state index in [4.69, 9.17) is 0 Å². The van der Waals surface area contributed by atoms with Gasteiger partial charge in [0.15, 0.2) is 0 Å². The zero-order valence-corrected chi connectivity index (χ0v) is 9.25. The van der Waals surface area contributed by atoms with E-state index >= 15 is 0 Å². The molecule has 0 spiro atoms. The van der Waals surface area contributed by atoms with Crippen LogP contribution in [0.15, 0.2) is 34.1 Å². The number of fused-ring (bicyclic) bond motifs is 1. The Morgan fingerprint density at radius 1 is 1.24 bits per heavy atom. The van der Waals surface area contributed by atoms with Gasteiger partial charge in [0.1, 0.15) is 4.88 Å². The molecule has 17 heavy (non-hydrogen) atoms. The van der Waals surface area contributed by atoms with Crippen molar-refractivity contribution in [3.05, 3.63) is 49.4 Å². The zero-order valence-electron chi connectivity index (χ0n) is 8.43. The normalized spacial score (nSPS) is 13.6. The van der Waals surface area contributed by atoms with Crippen LogP contribution in [0.1, 0.15) is 4.88 Å². The molecule has 0 bridgehead atoms. The number of nitrogens with zero attached hydrogens (tertiary/aromatic N) is 1. The molecule has 0 fully saturated rings. The highest BCUT2D eigenvalue weighted by atomic mass is 32.1. The lowest BCUT2D eigenvalue weighted by molar-refractivity contribution is -0.112. The molecule has 2 aromatic rings. The molecule has 5 nitrogen and oxygen atoms in total. The Kier molecular flexibility index (Phi) is 1.99. The lowest BCUT2D eigenvalue weighted by atomic mass is 10.1. The van der Waals surface area contributed by atoms with Crippen LogP contribution in [-0.2, 0) is 4.79 Å². The third-order valence-electron chi connectivity index (χ3n) is 2.47. The van der Waals surface area contributed by atoms with Gasteiger partial charge in [0.25, 0.3) is 5.91 Å². The van der Waals surface area contributed by atoms with E-state index in [0.29, 0.717) is 10.6 Å². The maximum absolute atomic E-state index is 11.8. The minimum Gasteiger partial charge on any atom is -0.493 e. The van der Waals surface area contributed by atoms with E-state index in [0.717, 1.165) is 11.3 Å². The summed E-state index contributed by atoms with van der Waals surface area (Å²) < 4.78 is 0. The number of aromatic hydroxyl groups is 1. The van der Waals surface area contributed by atoms with Crippen molar-refractivity contribution in [3.8, 4) is 5.88 Å². The molecule has 0 atom stereocenters. The maximum atomic E-state index is 11.8. The number of para-hydroxylation sites is 1. The minimum atomic E-state index is -0.434. The Balaban J connectivity index is 2.44. The average molecular weight is 246 g/mol. The molecule has 0 radical (unpaired) electrons. The van der Waals surface area contributed by atoms with Crippen LogP contribution in [-0.4, -0.2) is 16.0 Å². The van der Waals surface area contributed by atoms with Crippen molar-refractivity contribution in [2.75, 3.05) is 0 Å². The molecule has 1 aliphatic rings. The zero-order chi connectivity index (χ0) is 12.0. The number of benzene rings is 1. The molecule has 2 N–H and O–H groups in total. The molecular formula is C11H6N2O3S. The fourth-order valence-corrected chi connectivity index (χ4v) is 2.55. The van der Waals surface area contributed by atoms with Crippen LogP contribution in [0.5, 0.6) is 5.88 Å². The number of carbonyl (C=O) groups excluding carboxylic acids is 1. The third kappa shape index (κ3) is 1.42. The first kappa shape index (κ1) is 9.98. The molecule has 0 saturated carbocycles. The predicted molar refractivity (Wildman–Crippen MR) is 61.3 cm³/mol. The van der Waals surface area contributed by atoms with Gasteiger partial charge in [-0.3, -0.25) is 14.6 Å². The number of aromatic amines is 1. The van der Waals surface area contributed by atoms with E-state index in [1.807, 2.05) is 0 Å². The molecule has 0 saturated heterocycles. The van der Waals surface area contributed by atoms with Crippen LogP contribution in [0.25, 0.3) is 5.57 Å². The molecular weight excluding hydrogens is 240 g/mol. The Bertz CT molecular complexity index is 801. The van der Waals surface area contributed by atoms with Gasteiger partial charge >= 0.3 is 4.87 Å². The van der Waals surface area contributed by atoms with Crippen molar-refractivity contribution in [1.29, 1.82) is 0 Å². The van der Waals surface area contributed by atoms with Gasteiger partial charge in [-0.05, 0) is 6.07 Å². The van der Waals surface area contributed by atoms with Crippen molar-refractivity contribution < 1.29 is 9.90 Å². The summed E-state index contributed by atoms with van der Waals surface area (Å²) in [6.07, 6.45) is 0. The van der Waals surface area contributed by atoms with Crippen LogP contribution in [0, 0.1) is 0 Å². The summed E-state index contributed by atoms with van der Waals surface area (Å²) in [5.74, 6) is -0.716. The first-order valence-corrected chi connectivity index (χ1v) is 5.63. The number of hydrogen-bond donors (Lipinski definition) is 2. The molecule has 0 unspecified atom stereocenters. The summed E-state index contributed by atoms with van der Waals surface area (Å²) in [4.78, 5) is 28.9. The van der Waals surface area contributed by atoms with E-state index in [2.05, 4.69) is 9.98 Å². The topological polar surface area (TPSA) is 82.5 Å². The molecule has 3 rings (SSSR count). The highest BCUT2D eigenvalue weighted by Gasteiger charge is 2.23. The van der Waals surface area contributed by atoms with Crippen molar-refractivity contribution in [2.24, 2.45) is 4.99 Å². The summed E-state index contributed by atoms with van der Waals surface area (Å²) in [7, 11) is 0. The summed E-state index contributed by atoms with van der Waals surface area (Å²) in [5, 5.41) is 10.8. The van der Waals surface area contributed by atoms with Crippen LogP contribution in [0.4, 0.5) is 0 Å². The highest BCUT2D eigenvalue weighted by Crippen LogP contribution is 2.25. The number of aromatic nitrogens is 1. The summed E-state index contributed by atoms with van der Waals surface area (Å²) >= 11 is 0.800. The Hall–Kier alpha value is -2.21. The van der Waals surface area contributed by atoms with Gasteiger partial charge in [0, 0.05) is 5.22 Å². The lowest BCUT2D eigenvalue weighted by Crippen LogP contribution is -2.22. The van der Waals surface area contributed by atoms with Gasteiger partial charge < -0.3 is 5.11 Å². The van der Waals surface area contributed by atoms with Gasteiger partial charge in [0.2, 0.25) is 5.88 Å². The standard InChI is InChI=1S/C11H6N2O3S/c14-9-7(8-10(15)13-11(16)17-8)5-3-1-2-4-6(5)12-9/h1-4,15H,(H,13,16). The molecule has 84 valence electrons. The van der Waals surface area contributed by atoms with E-state index in [9.17, 15) is 14.7 Å². The van der Waals surface area contributed by atoms with Crippen LogP contribution in [0.2, 0.25) is 0 Å². The van der Waals surface area contributed by atoms with E-state index in [1.165, 1.54) is 0 Å². The highest BCUT2D eigenvalue weighted by molar-refractivity contribution is 7.11. The number of nitrogens with one attached hydrogen (secondary N) is 1. The fourth-order valence-electron chi connectivity index (χ4n) is 1.77. The Labute approximate surface area is 98.4 Å². The van der Waals surface area contributed by atoms with Gasteiger partial charge in [0.05, 0.1) is 10.9 Å². The number of H-pyrrole nitrogens is 1. The van der Waals surface area contributed by atoms with Crippen molar-refractivity contribution in [3.63, 3.8) is 0 Å². The summed E-state index contributed by atoms with van der Waals surface area (Å²) in [6, 6.07) is 7.01. The molecule has 1 amide bonds. The number of thiazole rings is 1.